The molecule has 0 amide bonds. The van der Waals surface area contributed by atoms with Gasteiger partial charge in [-0.25, -0.2) is 18.6 Å². The van der Waals surface area contributed by atoms with Crippen LogP contribution in [0.15, 0.2) is 59.0 Å². The number of fused-ring (bicyclic) bond motifs is 1. The summed E-state index contributed by atoms with van der Waals surface area (Å²) < 4.78 is 70.5. The Morgan fingerprint density at radius 1 is 1.11 bits per heavy atom. The number of hydrogen-bond acceptors (Lipinski definition) is 5. The van der Waals surface area contributed by atoms with Gasteiger partial charge in [0.15, 0.2) is 11.5 Å². The number of aromatic carboxylic acids is 1. The van der Waals surface area contributed by atoms with Crippen molar-refractivity contribution in [3.05, 3.63) is 93.3 Å². The maximum absolute atomic E-state index is 15.0. The topological polar surface area (TPSA) is 136 Å². The third kappa shape index (κ3) is 4.35. The van der Waals surface area contributed by atoms with Gasteiger partial charge >= 0.3 is 12.1 Å². The van der Waals surface area contributed by atoms with Crippen LogP contribution in [0.5, 0.6) is 0 Å². The largest absolute Gasteiger partial charge is 0.476 e. The van der Waals surface area contributed by atoms with Crippen LogP contribution in [0.1, 0.15) is 27.2 Å². The van der Waals surface area contributed by atoms with Crippen molar-refractivity contribution in [1.29, 1.82) is 0 Å². The molecule has 4 aromatic rings. The lowest BCUT2D eigenvalue weighted by Gasteiger charge is -2.16. The normalized spacial score (nSPS) is 12.3. The molecule has 2 aromatic carbocycles. The van der Waals surface area contributed by atoms with Crippen molar-refractivity contribution in [3.63, 3.8) is 0 Å². The van der Waals surface area contributed by atoms with E-state index < -0.39 is 47.2 Å². The molecule has 0 saturated carbocycles. The van der Waals surface area contributed by atoms with E-state index in [1.54, 1.807) is 0 Å². The lowest BCUT2D eigenvalue weighted by molar-refractivity contribution is -0.137. The molecule has 0 saturated heterocycles. The zero-order valence-corrected chi connectivity index (χ0v) is 17.8. The highest BCUT2D eigenvalue weighted by atomic mass is 19.4. The molecule has 2 aromatic heterocycles. The summed E-state index contributed by atoms with van der Waals surface area (Å²) >= 11 is 0. The van der Waals surface area contributed by atoms with Crippen LogP contribution >= 0.6 is 0 Å². The summed E-state index contributed by atoms with van der Waals surface area (Å²) in [6.45, 7) is -0.429. The van der Waals surface area contributed by atoms with Crippen molar-refractivity contribution in [2.75, 3.05) is 0 Å². The van der Waals surface area contributed by atoms with Crippen LogP contribution in [0.4, 0.5) is 22.0 Å². The molecule has 0 unspecified atom stereocenters. The number of nitrogens with two attached hydrogens (primary N) is 1. The summed E-state index contributed by atoms with van der Waals surface area (Å²) in [4.78, 5) is 27.7. The molecule has 0 atom stereocenters. The maximum Gasteiger partial charge on any atom is 0.416 e. The first kappa shape index (κ1) is 24.4. The predicted molar refractivity (Wildman–Crippen MR) is 115 cm³/mol. The second-order valence-corrected chi connectivity index (χ2v) is 7.58. The number of pyridine rings is 1. The summed E-state index contributed by atoms with van der Waals surface area (Å²) in [5, 5.41) is 20.6. The van der Waals surface area contributed by atoms with E-state index in [1.807, 2.05) is 0 Å². The van der Waals surface area contributed by atoms with Gasteiger partial charge in [0, 0.05) is 23.3 Å². The summed E-state index contributed by atoms with van der Waals surface area (Å²) in [5.74, 6) is -4.15. The molecular weight excluding hydrogens is 493 g/mol. The number of rotatable bonds is 5. The van der Waals surface area contributed by atoms with Crippen molar-refractivity contribution >= 4 is 22.7 Å². The fourth-order valence-corrected chi connectivity index (χ4v) is 3.56. The molecule has 0 fully saturated rings. The molecule has 0 aliphatic heterocycles. The Balaban J connectivity index is 1.94. The van der Waals surface area contributed by atoms with Crippen molar-refractivity contribution in [1.82, 2.24) is 14.1 Å². The van der Waals surface area contributed by atoms with Crippen LogP contribution in [0, 0.1) is 11.6 Å². The van der Waals surface area contributed by atoms with Crippen molar-refractivity contribution < 1.29 is 37.1 Å². The van der Waals surface area contributed by atoms with E-state index in [-0.39, 0.29) is 33.4 Å². The summed E-state index contributed by atoms with van der Waals surface area (Å²) in [7, 11) is 0. The van der Waals surface area contributed by atoms with Gasteiger partial charge in [0.25, 0.3) is 0 Å². The van der Waals surface area contributed by atoms with Crippen molar-refractivity contribution in [2.24, 2.45) is 10.9 Å². The molecule has 0 bridgehead atoms. The van der Waals surface area contributed by atoms with Gasteiger partial charge in [-0.1, -0.05) is 11.2 Å². The molecule has 0 aliphatic carbocycles. The third-order valence-electron chi connectivity index (χ3n) is 5.33. The Morgan fingerprint density at radius 2 is 1.83 bits per heavy atom. The number of hydrogen-bond donors (Lipinski definition) is 3. The first-order valence-electron chi connectivity index (χ1n) is 9.88. The molecule has 186 valence electrons. The number of aromatic nitrogens is 3. The number of imidazole rings is 1. The van der Waals surface area contributed by atoms with E-state index >= 15 is 0 Å². The minimum Gasteiger partial charge on any atom is -0.476 e. The van der Waals surface area contributed by atoms with Crippen molar-refractivity contribution in [3.8, 4) is 5.69 Å². The lowest BCUT2D eigenvalue weighted by Crippen LogP contribution is -2.25. The van der Waals surface area contributed by atoms with Crippen LogP contribution in [-0.2, 0) is 12.7 Å². The number of amidine groups is 1. The number of nitrogens with zero attached hydrogens (tertiary/aromatic N) is 4. The van der Waals surface area contributed by atoms with Gasteiger partial charge in [0.05, 0.1) is 28.9 Å². The smallest absolute Gasteiger partial charge is 0.416 e. The van der Waals surface area contributed by atoms with E-state index in [0.717, 1.165) is 41.5 Å². The number of carboxylic acid groups (broad SMARTS) is 1. The van der Waals surface area contributed by atoms with Gasteiger partial charge in [-0.15, -0.1) is 0 Å². The van der Waals surface area contributed by atoms with E-state index in [2.05, 4.69) is 10.1 Å². The van der Waals surface area contributed by atoms with Gasteiger partial charge in [-0.2, -0.15) is 13.2 Å². The number of carboxylic acids is 1. The van der Waals surface area contributed by atoms with E-state index in [1.165, 1.54) is 4.57 Å². The van der Waals surface area contributed by atoms with Crippen LogP contribution in [0.25, 0.3) is 16.6 Å². The first-order chi connectivity index (χ1) is 16.9. The highest BCUT2D eigenvalue weighted by Gasteiger charge is 2.31. The van der Waals surface area contributed by atoms with E-state index in [0.29, 0.717) is 12.1 Å². The Morgan fingerprint density at radius 3 is 2.42 bits per heavy atom. The van der Waals surface area contributed by atoms with Gasteiger partial charge in [0.2, 0.25) is 5.43 Å². The number of oxime groups is 1. The monoisotopic (exact) mass is 507 g/mol. The van der Waals surface area contributed by atoms with Gasteiger partial charge in [0.1, 0.15) is 18.0 Å². The number of alkyl halides is 3. The second-order valence-electron chi connectivity index (χ2n) is 7.58. The highest BCUT2D eigenvalue weighted by molar-refractivity contribution is 5.99. The Hall–Kier alpha value is -4.75. The van der Waals surface area contributed by atoms with Gasteiger partial charge < -0.3 is 25.2 Å². The Bertz CT molecular complexity index is 1610. The van der Waals surface area contributed by atoms with Crippen LogP contribution < -0.4 is 11.2 Å². The molecule has 0 spiro atoms. The maximum atomic E-state index is 15.0. The third-order valence-corrected chi connectivity index (χ3v) is 5.33. The first-order valence-corrected chi connectivity index (χ1v) is 9.88. The molecule has 14 heteroatoms. The molecule has 2 heterocycles. The highest BCUT2D eigenvalue weighted by Crippen LogP contribution is 2.31. The second kappa shape index (κ2) is 8.79. The molecule has 0 aliphatic rings. The molecule has 0 radical (unpaired) electrons. The lowest BCUT2D eigenvalue weighted by atomic mass is 10.1. The molecule has 36 heavy (non-hydrogen) atoms. The minimum absolute atomic E-state index is 0.00392. The Kier molecular flexibility index (Phi) is 5.95. The summed E-state index contributed by atoms with van der Waals surface area (Å²) in [5.41, 5.74) is 2.32. The predicted octanol–water partition coefficient (Wildman–Crippen LogP) is 3.33. The van der Waals surface area contributed by atoms with Crippen molar-refractivity contribution in [2.45, 2.75) is 12.7 Å². The molecular formula is C22H14F5N5O4. The molecule has 4 N–H and O–H groups in total. The average Bonchev–Trinajstić information content (AvgIpc) is 3.31. The average molecular weight is 507 g/mol. The fourth-order valence-electron chi connectivity index (χ4n) is 3.56. The number of carbonyl (C=O) groups is 1. The van der Waals surface area contributed by atoms with E-state index in [4.69, 9.17) is 16.0 Å². The van der Waals surface area contributed by atoms with Crippen LogP contribution in [0.2, 0.25) is 0 Å². The SMILES string of the molecule is N/C(=N\O)c1cn(Cc2ccc(C(F)(F)F)cc2F)c2cc(-n3cnc(C(=O)O)c3)c(F)cc2c1=O. The Labute approximate surface area is 197 Å². The zero-order chi connectivity index (χ0) is 26.4. The molecule has 4 rings (SSSR count). The van der Waals surface area contributed by atoms with Crippen LogP contribution in [-0.4, -0.2) is 36.2 Å². The standard InChI is InChI=1S/C22H14F5N5O4/c23-14-3-11(22(25,26)27)2-1-10(14)6-31-7-13(20(28)30-36)19(33)12-4-15(24)18(5-17(12)31)32-8-16(21(34)35)29-9-32/h1-5,7-9,36H,6H2,(H2,28,30)(H,34,35). The van der Waals surface area contributed by atoms with Gasteiger partial charge in [-0.05, 0) is 24.3 Å². The summed E-state index contributed by atoms with van der Waals surface area (Å²) in [6, 6.07) is 3.87. The van der Waals surface area contributed by atoms with Crippen LogP contribution in [0.3, 0.4) is 0 Å². The number of halogens is 5. The summed E-state index contributed by atoms with van der Waals surface area (Å²) in [6.07, 6.45) is -1.64. The van der Waals surface area contributed by atoms with Gasteiger partial charge in [-0.3, -0.25) is 4.79 Å². The fraction of sp³-hybridized carbons (Fsp3) is 0.0909. The molecule has 9 nitrogen and oxygen atoms in total. The number of benzene rings is 2. The quantitative estimate of drug-likeness (QED) is 0.125. The zero-order valence-electron chi connectivity index (χ0n) is 17.8. The minimum atomic E-state index is -4.77. The van der Waals surface area contributed by atoms with E-state index in [9.17, 15) is 31.5 Å².